The Morgan fingerprint density at radius 1 is 1.00 bits per heavy atom. The van der Waals surface area contributed by atoms with Crippen LogP contribution < -0.4 is 0 Å². The lowest BCUT2D eigenvalue weighted by molar-refractivity contribution is 0.104. The maximum absolute atomic E-state index is 10.9. The summed E-state index contributed by atoms with van der Waals surface area (Å²) in [7, 11) is 0. The summed E-state index contributed by atoms with van der Waals surface area (Å²) in [4.78, 5) is 0. The van der Waals surface area contributed by atoms with Crippen molar-refractivity contribution in [1.29, 1.82) is 0 Å². The topological polar surface area (TPSA) is 19.9 Å². The van der Waals surface area contributed by atoms with E-state index in [1.54, 1.807) is 0 Å². The average Bonchev–Trinajstić information content (AvgIpc) is 2.16. The van der Waals surface area contributed by atoms with E-state index in [4.69, 9.17) is 0 Å². The van der Waals surface area contributed by atoms with Crippen molar-refractivity contribution < 1.29 is 5.11 Å². The Hall–Kier alpha value is -0.0400. The molecule has 2 unspecified atom stereocenters. The predicted molar refractivity (Wildman–Crippen MR) is 57.3 cm³/mol. The molecular weight excluding hydrogens is 160 g/mol. The number of hydrogen-bond donors (Lipinski definition) is 0. The normalized spacial score (nSPS) is 15.7. The molecule has 0 saturated heterocycles. The lowest BCUT2D eigenvalue weighted by Crippen LogP contribution is -2.15. The quantitative estimate of drug-likeness (QED) is 0.543. The highest BCUT2D eigenvalue weighted by Gasteiger charge is 2.15. The van der Waals surface area contributed by atoms with Gasteiger partial charge >= 0.3 is 0 Å². The van der Waals surface area contributed by atoms with E-state index in [1.807, 2.05) is 0 Å². The van der Waals surface area contributed by atoms with Crippen LogP contribution in [-0.4, -0.2) is 6.61 Å². The molecule has 0 aromatic rings. The van der Waals surface area contributed by atoms with Gasteiger partial charge in [-0.2, -0.15) is 0 Å². The zero-order valence-electron chi connectivity index (χ0n) is 9.51. The van der Waals surface area contributed by atoms with Crippen LogP contribution in [0.25, 0.3) is 0 Å². The Kier molecular flexibility index (Phi) is 8.53. The van der Waals surface area contributed by atoms with Gasteiger partial charge in [-0.05, 0) is 18.3 Å². The van der Waals surface area contributed by atoms with Gasteiger partial charge in [-0.3, -0.25) is 0 Å². The molecule has 0 fully saturated rings. The second-order valence-electron chi connectivity index (χ2n) is 4.19. The lowest BCUT2D eigenvalue weighted by atomic mass is 9.86. The fourth-order valence-corrected chi connectivity index (χ4v) is 1.76. The van der Waals surface area contributed by atoms with Crippen LogP contribution >= 0.6 is 0 Å². The fraction of sp³-hybridized carbons (Fsp3) is 1.00. The summed E-state index contributed by atoms with van der Waals surface area (Å²) >= 11 is 0. The summed E-state index contributed by atoms with van der Waals surface area (Å²) in [5.41, 5.74) is 0. The third kappa shape index (κ3) is 6.09. The summed E-state index contributed by atoms with van der Waals surface area (Å²) in [6, 6.07) is 0. The molecule has 0 aromatic heterocycles. The van der Waals surface area contributed by atoms with Crippen LogP contribution in [0.5, 0.6) is 0 Å². The van der Waals surface area contributed by atoms with Gasteiger partial charge in [0.2, 0.25) is 0 Å². The van der Waals surface area contributed by atoms with Crippen LogP contribution in [0.4, 0.5) is 0 Å². The molecule has 0 aliphatic carbocycles. The number of unbranched alkanes of at least 4 members (excludes halogenated alkanes) is 2. The van der Waals surface area contributed by atoms with Gasteiger partial charge in [-0.25, -0.2) is 5.11 Å². The fourth-order valence-electron chi connectivity index (χ4n) is 1.76. The zero-order valence-corrected chi connectivity index (χ0v) is 9.51. The van der Waals surface area contributed by atoms with Crippen LogP contribution in [-0.2, 0) is 5.11 Å². The Bertz CT molecular complexity index is 101. The van der Waals surface area contributed by atoms with Crippen molar-refractivity contribution in [3.05, 3.63) is 0 Å². The Labute approximate surface area is 83.5 Å². The van der Waals surface area contributed by atoms with E-state index in [9.17, 15) is 5.11 Å². The van der Waals surface area contributed by atoms with Crippen LogP contribution in [0.1, 0.15) is 59.3 Å². The number of hydrogen-bond acceptors (Lipinski definition) is 0. The minimum Gasteiger partial charge on any atom is -0.236 e. The van der Waals surface area contributed by atoms with Crippen LogP contribution in [0.2, 0.25) is 0 Å². The van der Waals surface area contributed by atoms with E-state index < -0.39 is 0 Å². The number of rotatable bonds is 8. The first-order valence-corrected chi connectivity index (χ1v) is 5.84. The third-order valence-electron chi connectivity index (χ3n) is 2.96. The van der Waals surface area contributed by atoms with E-state index >= 15 is 0 Å². The molecule has 0 rings (SSSR count). The minimum atomic E-state index is 0.130. The molecule has 0 aliphatic rings. The van der Waals surface area contributed by atoms with Gasteiger partial charge in [-0.1, -0.05) is 52.9 Å². The van der Waals surface area contributed by atoms with Gasteiger partial charge in [-0.15, -0.1) is 0 Å². The molecule has 1 radical (unpaired) electrons. The molecule has 0 spiro atoms. The molecular formula is C12H25O. The minimum absolute atomic E-state index is 0.130. The van der Waals surface area contributed by atoms with Gasteiger partial charge < -0.3 is 0 Å². The molecule has 0 amide bonds. The molecule has 0 aromatic carbocycles. The van der Waals surface area contributed by atoms with E-state index in [0.717, 1.165) is 6.42 Å². The Morgan fingerprint density at radius 2 is 1.54 bits per heavy atom. The smallest absolute Gasteiger partial charge is 0.0853 e. The van der Waals surface area contributed by atoms with Crippen molar-refractivity contribution in [1.82, 2.24) is 0 Å². The maximum Gasteiger partial charge on any atom is 0.0853 e. The van der Waals surface area contributed by atoms with Crippen molar-refractivity contribution in [3.8, 4) is 0 Å². The molecule has 1 heteroatoms. The van der Waals surface area contributed by atoms with Gasteiger partial charge in [0.25, 0.3) is 0 Å². The van der Waals surface area contributed by atoms with Crippen molar-refractivity contribution in [3.63, 3.8) is 0 Å². The Morgan fingerprint density at radius 3 is 2.00 bits per heavy atom. The van der Waals surface area contributed by atoms with Crippen LogP contribution in [0.3, 0.4) is 0 Å². The average molecular weight is 185 g/mol. The summed E-state index contributed by atoms with van der Waals surface area (Å²) < 4.78 is 0. The monoisotopic (exact) mass is 185 g/mol. The molecule has 0 aliphatic heterocycles. The summed E-state index contributed by atoms with van der Waals surface area (Å²) in [6.45, 7) is 6.78. The van der Waals surface area contributed by atoms with Gasteiger partial charge in [0.15, 0.2) is 0 Å². The largest absolute Gasteiger partial charge is 0.236 e. The van der Waals surface area contributed by atoms with Gasteiger partial charge in [0.1, 0.15) is 0 Å². The van der Waals surface area contributed by atoms with E-state index in [1.165, 1.54) is 32.1 Å². The van der Waals surface area contributed by atoms with Crippen molar-refractivity contribution in [2.75, 3.05) is 6.61 Å². The lowest BCUT2D eigenvalue weighted by Gasteiger charge is -2.20. The van der Waals surface area contributed by atoms with Gasteiger partial charge in [0, 0.05) is 0 Å². The maximum atomic E-state index is 10.9. The second-order valence-corrected chi connectivity index (χ2v) is 4.19. The van der Waals surface area contributed by atoms with Crippen LogP contribution in [0.15, 0.2) is 0 Å². The highest BCUT2D eigenvalue weighted by atomic mass is 16.3. The van der Waals surface area contributed by atoms with Gasteiger partial charge in [0.05, 0.1) is 6.61 Å². The summed E-state index contributed by atoms with van der Waals surface area (Å²) in [5.74, 6) is 1.08. The first-order valence-electron chi connectivity index (χ1n) is 5.84. The third-order valence-corrected chi connectivity index (χ3v) is 2.96. The second kappa shape index (κ2) is 8.55. The molecule has 79 valence electrons. The predicted octanol–water partition coefficient (Wildman–Crippen LogP) is 4.05. The van der Waals surface area contributed by atoms with E-state index in [0.29, 0.717) is 11.8 Å². The molecule has 0 bridgehead atoms. The highest BCUT2D eigenvalue weighted by molar-refractivity contribution is 4.65. The first-order chi connectivity index (χ1) is 6.26. The highest BCUT2D eigenvalue weighted by Crippen LogP contribution is 2.22. The van der Waals surface area contributed by atoms with E-state index in [-0.39, 0.29) is 6.61 Å². The van der Waals surface area contributed by atoms with Crippen molar-refractivity contribution in [2.45, 2.75) is 59.3 Å². The first kappa shape index (κ1) is 13.0. The summed E-state index contributed by atoms with van der Waals surface area (Å²) in [6.07, 6.45) is 7.37. The zero-order chi connectivity index (χ0) is 10.1. The Balaban J connectivity index is 3.63. The van der Waals surface area contributed by atoms with Crippen molar-refractivity contribution >= 4 is 0 Å². The van der Waals surface area contributed by atoms with E-state index in [2.05, 4.69) is 20.8 Å². The molecule has 0 saturated carbocycles. The molecule has 2 atom stereocenters. The van der Waals surface area contributed by atoms with Crippen molar-refractivity contribution in [2.24, 2.45) is 11.8 Å². The SMILES string of the molecule is CCCCC(C)C(C[O])CCCC. The molecule has 0 N–H and O–H groups in total. The van der Waals surface area contributed by atoms with Crippen LogP contribution in [0, 0.1) is 11.8 Å². The molecule has 13 heavy (non-hydrogen) atoms. The molecule has 1 nitrogen and oxygen atoms in total. The standard InChI is InChI=1S/C12H25O/c1-4-6-8-11(3)12(10-13)9-7-5-2/h11-12H,4-10H2,1-3H3. The summed E-state index contributed by atoms with van der Waals surface area (Å²) in [5, 5.41) is 10.9. The molecule has 0 heterocycles.